The van der Waals surface area contributed by atoms with Crippen molar-refractivity contribution >= 4 is 91.2 Å². The van der Waals surface area contributed by atoms with Gasteiger partial charge in [-0.05, 0) is 78.6 Å². The van der Waals surface area contributed by atoms with Crippen molar-refractivity contribution in [3.63, 3.8) is 0 Å². The van der Waals surface area contributed by atoms with E-state index in [1.807, 2.05) is 0 Å². The molecule has 0 fully saturated rings. The van der Waals surface area contributed by atoms with Crippen molar-refractivity contribution in [2.45, 2.75) is 0 Å². The van der Waals surface area contributed by atoms with Crippen molar-refractivity contribution in [1.82, 2.24) is 8.47 Å². The van der Waals surface area contributed by atoms with Gasteiger partial charge in [-0.2, -0.15) is 0 Å². The Hall–Kier alpha value is -7.77. The lowest BCUT2D eigenvalue weighted by Crippen LogP contribution is -2.72. The maximum absolute atomic E-state index is 2.92. The average molecular weight is 849 g/mol. The van der Waals surface area contributed by atoms with E-state index < -0.39 is 16.5 Å². The van der Waals surface area contributed by atoms with E-state index in [0.29, 0.717) is 0 Å². The van der Waals surface area contributed by atoms with Gasteiger partial charge < -0.3 is 8.47 Å². The molecule has 302 valence electrons. The van der Waals surface area contributed by atoms with Gasteiger partial charge in [0.1, 0.15) is 0 Å². The molecule has 12 rings (SSSR count). The highest BCUT2D eigenvalue weighted by Crippen LogP contribution is 2.38. The molecule has 0 amide bonds. The largest absolute Gasteiger partial charge is 0.355 e. The number of fused-ring (bicyclic) bond motifs is 6. The van der Waals surface area contributed by atoms with Gasteiger partial charge in [0.25, 0.3) is 16.5 Å². The van der Waals surface area contributed by atoms with Gasteiger partial charge in [0.15, 0.2) is 0 Å². The Labute approximate surface area is 375 Å². The fraction of sp³-hybridized carbons (Fsp3) is 0. The number of para-hydroxylation sites is 2. The Balaban J connectivity index is 1.12. The van der Waals surface area contributed by atoms with Gasteiger partial charge in [-0.15, -0.1) is 0 Å². The van der Waals surface area contributed by atoms with Crippen LogP contribution in [0.15, 0.2) is 267 Å². The maximum Gasteiger partial charge on any atom is 0.257 e. The van der Waals surface area contributed by atoms with Gasteiger partial charge in [0, 0.05) is 43.6 Å². The summed E-state index contributed by atoms with van der Waals surface area (Å²) in [4.78, 5) is 0. The van der Waals surface area contributed by atoms with Crippen LogP contribution in [0, 0.1) is 0 Å². The van der Waals surface area contributed by atoms with Crippen LogP contribution in [0.5, 0.6) is 0 Å². The summed E-state index contributed by atoms with van der Waals surface area (Å²) in [5.41, 5.74) is 7.41. The highest BCUT2D eigenvalue weighted by Gasteiger charge is 2.45. The van der Waals surface area contributed by atoms with E-state index in [2.05, 4.69) is 275 Å². The third kappa shape index (κ3) is 5.70. The summed E-state index contributed by atoms with van der Waals surface area (Å²) < 4.78 is 5.47. The number of hydrogen-bond donors (Lipinski definition) is 0. The van der Waals surface area contributed by atoms with Gasteiger partial charge in [0.05, 0.1) is 0 Å². The number of aromatic nitrogens is 2. The molecule has 0 saturated carbocycles. The Kier molecular flexibility index (Phi) is 9.22. The van der Waals surface area contributed by atoms with Gasteiger partial charge >= 0.3 is 0 Å². The van der Waals surface area contributed by atoms with E-state index in [4.69, 9.17) is 0 Å². The first-order chi connectivity index (χ1) is 31.8. The molecule has 2 heterocycles. The molecule has 0 N–H and O–H groups in total. The first-order valence-corrected chi connectivity index (χ1v) is 26.1. The minimum atomic E-state index is -2.92. The molecule has 0 spiro atoms. The maximum atomic E-state index is 2.74. The van der Waals surface area contributed by atoms with E-state index >= 15 is 0 Å². The quantitative estimate of drug-likeness (QED) is 0.101. The zero-order chi connectivity index (χ0) is 42.5. The first kappa shape index (κ1) is 38.0. The molecule has 0 atom stereocenters. The van der Waals surface area contributed by atoms with Gasteiger partial charge in [-0.1, -0.05) is 231 Å². The molecule has 2 nitrogen and oxygen atoms in total. The van der Waals surface area contributed by atoms with Crippen molar-refractivity contribution < 1.29 is 0 Å². The Morgan fingerprint density at radius 1 is 0.203 bits per heavy atom. The summed E-state index contributed by atoms with van der Waals surface area (Å²) in [6, 6.07) is 99.9. The highest BCUT2D eigenvalue weighted by molar-refractivity contribution is 7.12. The summed E-state index contributed by atoms with van der Waals surface area (Å²) in [7, 11) is -5.84. The molecule has 0 bridgehead atoms. The second-order valence-electron chi connectivity index (χ2n) is 16.8. The third-order valence-electron chi connectivity index (χ3n) is 13.5. The summed E-state index contributed by atoms with van der Waals surface area (Å²) in [5.74, 6) is 0. The predicted octanol–water partition coefficient (Wildman–Crippen LogP) is 10.6. The van der Waals surface area contributed by atoms with Crippen LogP contribution in [-0.4, -0.2) is 24.9 Å². The number of benzene rings is 10. The van der Waals surface area contributed by atoms with E-state index in [1.165, 1.54) is 85.9 Å². The summed E-state index contributed by atoms with van der Waals surface area (Å²) in [6.07, 6.45) is 0. The van der Waals surface area contributed by atoms with Gasteiger partial charge in [-0.3, -0.25) is 0 Å². The first-order valence-electron chi connectivity index (χ1n) is 22.2. The molecule has 4 heteroatoms. The van der Waals surface area contributed by atoms with E-state index in [-0.39, 0.29) is 0 Å². The molecule has 0 aliphatic rings. The Morgan fingerprint density at radius 3 is 0.719 bits per heavy atom. The number of rotatable bonds is 9. The SMILES string of the molecule is c1ccc([Si](c2ccccc2)(c2ccccc2)n2c3ccccc3c3cc(-c4ccc5c(c4)c4ccccc4n5[Si](c4ccccc4)(c4ccccc4)c4ccccc4)ccc32)cc1. The van der Waals surface area contributed by atoms with Crippen molar-refractivity contribution in [2.75, 3.05) is 0 Å². The number of hydrogen-bond acceptors (Lipinski definition) is 0. The van der Waals surface area contributed by atoms with Crippen molar-refractivity contribution in [3.05, 3.63) is 267 Å². The van der Waals surface area contributed by atoms with E-state index in [9.17, 15) is 0 Å². The highest BCUT2D eigenvalue weighted by atomic mass is 28.3. The Bertz CT molecular complexity index is 3150. The molecule has 2 aromatic heterocycles. The molecule has 0 aliphatic heterocycles. The summed E-state index contributed by atoms with van der Waals surface area (Å²) in [5, 5.41) is 13.2. The predicted molar refractivity (Wildman–Crippen MR) is 277 cm³/mol. The van der Waals surface area contributed by atoms with Gasteiger partial charge in [-0.25, -0.2) is 0 Å². The molecule has 0 aliphatic carbocycles. The smallest absolute Gasteiger partial charge is 0.257 e. The molecule has 12 aromatic rings. The van der Waals surface area contributed by atoms with Gasteiger partial charge in [0.2, 0.25) is 0 Å². The molecular formula is C60H44N2Si2. The fourth-order valence-corrected chi connectivity index (χ4v) is 20.7. The fourth-order valence-electron chi connectivity index (χ4n) is 10.9. The third-order valence-corrected chi connectivity index (χ3v) is 22.8. The van der Waals surface area contributed by atoms with Crippen LogP contribution >= 0.6 is 0 Å². The lowest BCUT2D eigenvalue weighted by atomic mass is 10.0. The zero-order valence-electron chi connectivity index (χ0n) is 35.3. The van der Waals surface area contributed by atoms with Crippen LogP contribution in [0.3, 0.4) is 0 Å². The van der Waals surface area contributed by atoms with Crippen molar-refractivity contribution in [2.24, 2.45) is 0 Å². The molecule has 10 aromatic carbocycles. The second kappa shape index (κ2) is 15.5. The van der Waals surface area contributed by atoms with Crippen molar-refractivity contribution in [3.8, 4) is 11.1 Å². The minimum Gasteiger partial charge on any atom is -0.355 e. The van der Waals surface area contributed by atoms with Crippen LogP contribution in [0.25, 0.3) is 54.7 Å². The van der Waals surface area contributed by atoms with Crippen LogP contribution in [0.1, 0.15) is 0 Å². The summed E-state index contributed by atoms with van der Waals surface area (Å²) in [6.45, 7) is 0. The topological polar surface area (TPSA) is 9.86 Å². The lowest BCUT2D eigenvalue weighted by Gasteiger charge is -2.36. The van der Waals surface area contributed by atoms with E-state index in [0.717, 1.165) is 0 Å². The van der Waals surface area contributed by atoms with E-state index in [1.54, 1.807) is 0 Å². The molecule has 0 saturated heterocycles. The Morgan fingerprint density at radius 2 is 0.438 bits per heavy atom. The van der Waals surface area contributed by atoms with Crippen LogP contribution in [0.4, 0.5) is 0 Å². The zero-order valence-corrected chi connectivity index (χ0v) is 37.3. The normalized spacial score (nSPS) is 12.1. The summed E-state index contributed by atoms with van der Waals surface area (Å²) >= 11 is 0. The molecule has 0 unspecified atom stereocenters. The minimum absolute atomic E-state index is 1.21. The lowest BCUT2D eigenvalue weighted by molar-refractivity contribution is 1.30. The molecule has 64 heavy (non-hydrogen) atoms. The van der Waals surface area contributed by atoms with Crippen molar-refractivity contribution in [1.29, 1.82) is 0 Å². The monoisotopic (exact) mass is 848 g/mol. The molecule has 0 radical (unpaired) electrons. The standard InChI is InChI=1S/C60H44N2Si2/c1-7-23-47(24-8-1)63(48-25-9-2-10-26-48,49-27-11-3-12-28-49)61-57-37-21-19-35-53(57)55-43-45(39-41-59(55)61)46-40-42-60-56(44-46)54-36-20-22-38-58(54)62(60)64(50-29-13-4-14-30-50,51-31-15-5-16-32-51)52-33-17-6-18-34-52/h1-44H. The second-order valence-corrected chi connectivity index (χ2v) is 24.0. The van der Waals surface area contributed by atoms with Crippen LogP contribution in [-0.2, 0) is 0 Å². The molecular weight excluding hydrogens is 805 g/mol. The number of nitrogens with zero attached hydrogens (tertiary/aromatic N) is 2. The average Bonchev–Trinajstić information content (AvgIpc) is 3.89. The van der Waals surface area contributed by atoms with Crippen LogP contribution < -0.4 is 31.1 Å². The van der Waals surface area contributed by atoms with Crippen LogP contribution in [0.2, 0.25) is 0 Å².